The zero-order valence-electron chi connectivity index (χ0n) is 7.10. The highest BCUT2D eigenvalue weighted by Gasteiger charge is 2.19. The van der Waals surface area contributed by atoms with E-state index >= 15 is 0 Å². The van der Waals surface area contributed by atoms with E-state index in [1.165, 1.54) is 6.07 Å². The number of phenols is 1. The molecule has 78 valence electrons. The van der Waals surface area contributed by atoms with Crippen LogP contribution in [-0.4, -0.2) is 11.7 Å². The van der Waals surface area contributed by atoms with Crippen LogP contribution in [-0.2, 0) is 0 Å². The maximum atomic E-state index is 13.0. The second-order valence-electron chi connectivity index (χ2n) is 2.77. The summed E-state index contributed by atoms with van der Waals surface area (Å²) < 4.78 is 25.8. The van der Waals surface area contributed by atoms with Gasteiger partial charge in [0.1, 0.15) is 0 Å². The molecule has 0 aliphatic carbocycles. The average molecular weight is 267 g/mol. The van der Waals surface area contributed by atoms with E-state index in [4.69, 9.17) is 11.5 Å². The Morgan fingerprint density at radius 1 is 1.43 bits per heavy atom. The fraction of sp³-hybridized carbons (Fsp3) is 0.250. The lowest BCUT2D eigenvalue weighted by atomic mass is 10.1. The molecular weight excluding hydrogens is 258 g/mol. The van der Waals surface area contributed by atoms with Crippen LogP contribution in [0.3, 0.4) is 0 Å². The maximum absolute atomic E-state index is 13.0. The van der Waals surface area contributed by atoms with Crippen molar-refractivity contribution in [2.24, 2.45) is 11.5 Å². The van der Waals surface area contributed by atoms with Crippen LogP contribution >= 0.6 is 15.9 Å². The third-order valence-corrected chi connectivity index (χ3v) is 2.40. The van der Waals surface area contributed by atoms with E-state index in [0.29, 0.717) is 0 Å². The highest BCUT2D eigenvalue weighted by Crippen LogP contribution is 2.32. The lowest BCUT2D eigenvalue weighted by molar-refractivity contribution is 0.396. The average Bonchev–Trinajstić information content (AvgIpc) is 2.19. The van der Waals surface area contributed by atoms with Gasteiger partial charge in [-0.1, -0.05) is 0 Å². The fourth-order valence-corrected chi connectivity index (χ4v) is 1.43. The van der Waals surface area contributed by atoms with Gasteiger partial charge in [0, 0.05) is 18.2 Å². The highest BCUT2D eigenvalue weighted by atomic mass is 79.9. The monoisotopic (exact) mass is 266 g/mol. The number of benzene rings is 1. The molecule has 14 heavy (non-hydrogen) atoms. The molecule has 0 aliphatic heterocycles. The summed E-state index contributed by atoms with van der Waals surface area (Å²) in [7, 11) is 0. The van der Waals surface area contributed by atoms with E-state index in [2.05, 4.69) is 15.9 Å². The van der Waals surface area contributed by atoms with Gasteiger partial charge in [-0.15, -0.1) is 0 Å². The molecule has 1 aromatic rings. The molecule has 0 saturated heterocycles. The fourth-order valence-electron chi connectivity index (χ4n) is 1.01. The van der Waals surface area contributed by atoms with Gasteiger partial charge in [0.2, 0.25) is 5.82 Å². The molecule has 1 aromatic carbocycles. The third-order valence-electron chi connectivity index (χ3n) is 1.82. The molecule has 0 spiro atoms. The van der Waals surface area contributed by atoms with Crippen LogP contribution in [0.2, 0.25) is 0 Å². The van der Waals surface area contributed by atoms with Crippen LogP contribution in [0.5, 0.6) is 5.75 Å². The molecule has 0 bridgehead atoms. The van der Waals surface area contributed by atoms with E-state index in [1.807, 2.05) is 0 Å². The normalized spacial score (nSPS) is 12.9. The summed E-state index contributed by atoms with van der Waals surface area (Å²) in [5.74, 6) is -3.25. The summed E-state index contributed by atoms with van der Waals surface area (Å²) in [6.45, 7) is 0.0328. The Morgan fingerprint density at radius 2 is 2.00 bits per heavy atom. The SMILES string of the molecule is NC[C@@H](N)c1cc(Br)c(F)c(F)c1O. The van der Waals surface area contributed by atoms with Gasteiger partial charge in [-0.2, -0.15) is 4.39 Å². The first kappa shape index (κ1) is 11.4. The van der Waals surface area contributed by atoms with Crippen molar-refractivity contribution in [1.82, 2.24) is 0 Å². The molecule has 0 radical (unpaired) electrons. The minimum absolute atomic E-state index is 0.0328. The first-order valence-corrected chi connectivity index (χ1v) is 4.60. The Bertz CT molecular complexity index is 360. The summed E-state index contributed by atoms with van der Waals surface area (Å²) in [6, 6.07) is 0.493. The number of phenolic OH excluding ortho intramolecular Hbond substituents is 1. The zero-order valence-corrected chi connectivity index (χ0v) is 8.68. The van der Waals surface area contributed by atoms with Crippen molar-refractivity contribution in [3.63, 3.8) is 0 Å². The van der Waals surface area contributed by atoms with Crippen LogP contribution in [0.1, 0.15) is 11.6 Å². The molecule has 0 heterocycles. The Hall–Kier alpha value is -0.720. The first-order chi connectivity index (χ1) is 6.49. The van der Waals surface area contributed by atoms with Gasteiger partial charge in [-0.05, 0) is 22.0 Å². The van der Waals surface area contributed by atoms with Crippen LogP contribution in [0.15, 0.2) is 10.5 Å². The van der Waals surface area contributed by atoms with Gasteiger partial charge < -0.3 is 16.6 Å². The summed E-state index contributed by atoms with van der Waals surface area (Å²) in [4.78, 5) is 0. The van der Waals surface area contributed by atoms with Gasteiger partial charge in [-0.3, -0.25) is 0 Å². The van der Waals surface area contributed by atoms with Crippen molar-refractivity contribution in [3.8, 4) is 5.75 Å². The molecule has 0 saturated carbocycles. The Labute approximate surface area is 87.8 Å². The Balaban J connectivity index is 3.33. The number of halogens is 3. The second kappa shape index (κ2) is 4.20. The zero-order chi connectivity index (χ0) is 10.9. The summed E-state index contributed by atoms with van der Waals surface area (Å²) in [6.07, 6.45) is 0. The highest BCUT2D eigenvalue weighted by molar-refractivity contribution is 9.10. The molecule has 0 amide bonds. The van der Waals surface area contributed by atoms with E-state index < -0.39 is 23.4 Å². The largest absolute Gasteiger partial charge is 0.505 e. The van der Waals surface area contributed by atoms with Crippen molar-refractivity contribution < 1.29 is 13.9 Å². The minimum atomic E-state index is -1.32. The van der Waals surface area contributed by atoms with Crippen molar-refractivity contribution >= 4 is 15.9 Å². The molecule has 6 heteroatoms. The Morgan fingerprint density at radius 3 is 2.50 bits per heavy atom. The minimum Gasteiger partial charge on any atom is -0.505 e. The summed E-state index contributed by atoms with van der Waals surface area (Å²) in [5, 5.41) is 9.23. The van der Waals surface area contributed by atoms with E-state index in [0.717, 1.165) is 0 Å². The molecule has 0 aromatic heterocycles. The van der Waals surface area contributed by atoms with Crippen LogP contribution in [0, 0.1) is 11.6 Å². The second-order valence-corrected chi connectivity index (χ2v) is 3.62. The van der Waals surface area contributed by atoms with Crippen LogP contribution in [0.4, 0.5) is 8.78 Å². The van der Waals surface area contributed by atoms with Crippen molar-refractivity contribution in [1.29, 1.82) is 0 Å². The van der Waals surface area contributed by atoms with Crippen LogP contribution in [0.25, 0.3) is 0 Å². The molecule has 5 N–H and O–H groups in total. The maximum Gasteiger partial charge on any atom is 0.201 e. The van der Waals surface area contributed by atoms with Gasteiger partial charge >= 0.3 is 0 Å². The topological polar surface area (TPSA) is 72.3 Å². The number of rotatable bonds is 2. The van der Waals surface area contributed by atoms with Gasteiger partial charge in [0.15, 0.2) is 11.6 Å². The predicted octanol–water partition coefficient (Wildman–Crippen LogP) is 1.39. The number of aromatic hydroxyl groups is 1. The van der Waals surface area contributed by atoms with E-state index in [1.54, 1.807) is 0 Å². The molecule has 1 atom stereocenters. The molecule has 3 nitrogen and oxygen atoms in total. The van der Waals surface area contributed by atoms with Crippen molar-refractivity contribution in [2.75, 3.05) is 6.54 Å². The standard InChI is InChI=1S/C8H9BrF2N2O/c9-4-1-3(5(13)2-12)8(14)7(11)6(4)10/h1,5,14H,2,12-13H2/t5-/m1/s1. The molecule has 0 fully saturated rings. The number of hydrogen-bond donors (Lipinski definition) is 3. The molecule has 0 unspecified atom stereocenters. The number of hydrogen-bond acceptors (Lipinski definition) is 3. The van der Waals surface area contributed by atoms with Crippen molar-refractivity contribution in [3.05, 3.63) is 27.7 Å². The smallest absolute Gasteiger partial charge is 0.201 e. The Kier molecular flexibility index (Phi) is 3.41. The van der Waals surface area contributed by atoms with Crippen LogP contribution < -0.4 is 11.5 Å². The van der Waals surface area contributed by atoms with Crippen molar-refractivity contribution in [2.45, 2.75) is 6.04 Å². The third kappa shape index (κ3) is 1.87. The molecular formula is C8H9BrF2N2O. The lowest BCUT2D eigenvalue weighted by Gasteiger charge is -2.12. The van der Waals surface area contributed by atoms with E-state index in [9.17, 15) is 13.9 Å². The van der Waals surface area contributed by atoms with Gasteiger partial charge in [0.05, 0.1) is 4.47 Å². The molecule has 0 aliphatic rings. The summed E-state index contributed by atoms with van der Waals surface area (Å²) in [5.41, 5.74) is 10.8. The number of nitrogens with two attached hydrogens (primary N) is 2. The summed E-state index contributed by atoms with van der Waals surface area (Å²) >= 11 is 2.81. The van der Waals surface area contributed by atoms with E-state index in [-0.39, 0.29) is 16.6 Å². The molecule has 1 rings (SSSR count). The quantitative estimate of drug-likeness (QED) is 0.709. The lowest BCUT2D eigenvalue weighted by Crippen LogP contribution is -2.21. The predicted molar refractivity (Wildman–Crippen MR) is 51.7 cm³/mol. The van der Waals surface area contributed by atoms with Gasteiger partial charge in [0.25, 0.3) is 0 Å². The first-order valence-electron chi connectivity index (χ1n) is 3.81. The van der Waals surface area contributed by atoms with Gasteiger partial charge in [-0.25, -0.2) is 4.39 Å².